The number of benzene rings is 2. The van der Waals surface area contributed by atoms with Crippen molar-refractivity contribution in [3.63, 3.8) is 0 Å². The smallest absolute Gasteiger partial charge is 0.303 e. The van der Waals surface area contributed by atoms with Crippen LogP contribution in [0.15, 0.2) is 47.4 Å². The number of thioether (sulfide) groups is 1. The second-order valence-electron chi connectivity index (χ2n) is 6.82. The quantitative estimate of drug-likeness (QED) is 0.403. The summed E-state index contributed by atoms with van der Waals surface area (Å²) in [7, 11) is 3.07. The SMILES string of the molecule is COc1ccc(/C=C2\SC(=S)N(CCCC(=O)O)C2=O)c(OCc2ccccc2)c1OC. The third-order valence-electron chi connectivity index (χ3n) is 4.69. The molecule has 1 aliphatic rings. The lowest BCUT2D eigenvalue weighted by atomic mass is 10.1. The van der Waals surface area contributed by atoms with Crippen molar-refractivity contribution < 1.29 is 28.9 Å². The molecule has 0 atom stereocenters. The Kier molecular flexibility index (Phi) is 8.13. The van der Waals surface area contributed by atoms with E-state index in [-0.39, 0.29) is 18.9 Å². The van der Waals surface area contributed by atoms with Crippen LogP contribution < -0.4 is 14.2 Å². The van der Waals surface area contributed by atoms with Crippen LogP contribution in [0.1, 0.15) is 24.0 Å². The van der Waals surface area contributed by atoms with Crippen molar-refractivity contribution in [3.05, 3.63) is 58.5 Å². The molecule has 1 heterocycles. The third-order valence-corrected chi connectivity index (χ3v) is 6.07. The van der Waals surface area contributed by atoms with Gasteiger partial charge in [0.05, 0.1) is 19.1 Å². The van der Waals surface area contributed by atoms with Crippen LogP contribution in [0.4, 0.5) is 0 Å². The number of methoxy groups -OCH3 is 2. The summed E-state index contributed by atoms with van der Waals surface area (Å²) in [6.45, 7) is 0.568. The van der Waals surface area contributed by atoms with Crippen LogP contribution in [-0.4, -0.2) is 47.0 Å². The van der Waals surface area contributed by atoms with E-state index in [0.29, 0.717) is 45.1 Å². The normalized spacial score (nSPS) is 14.7. The van der Waals surface area contributed by atoms with Crippen LogP contribution in [0.2, 0.25) is 0 Å². The lowest BCUT2D eigenvalue weighted by Gasteiger charge is -2.16. The molecule has 0 saturated carbocycles. The Morgan fingerprint density at radius 3 is 2.53 bits per heavy atom. The van der Waals surface area contributed by atoms with Gasteiger partial charge in [-0.3, -0.25) is 14.5 Å². The van der Waals surface area contributed by atoms with Gasteiger partial charge in [-0.2, -0.15) is 0 Å². The Balaban J connectivity index is 1.89. The minimum Gasteiger partial charge on any atom is -0.493 e. The standard InChI is InChI=1S/C23H23NO6S2/c1-28-17-11-10-16(20(21(17)29-2)30-14-15-7-4-3-5-8-15)13-18-22(27)24(23(31)32-18)12-6-9-19(25)26/h3-5,7-8,10-11,13H,6,9,12,14H2,1-2H3,(H,25,26)/b18-13-. The number of carboxylic acids is 1. The number of carbonyl (C=O) groups excluding carboxylic acids is 1. The first-order valence-corrected chi connectivity index (χ1v) is 11.1. The van der Waals surface area contributed by atoms with Crippen molar-refractivity contribution in [1.29, 1.82) is 0 Å². The van der Waals surface area contributed by atoms with Gasteiger partial charge in [-0.1, -0.05) is 54.3 Å². The first-order valence-electron chi connectivity index (χ1n) is 9.83. The number of hydrogen-bond donors (Lipinski definition) is 1. The number of rotatable bonds is 10. The van der Waals surface area contributed by atoms with Gasteiger partial charge in [-0.25, -0.2) is 0 Å². The van der Waals surface area contributed by atoms with Crippen molar-refractivity contribution in [2.24, 2.45) is 0 Å². The molecule has 7 nitrogen and oxygen atoms in total. The molecule has 9 heteroatoms. The van der Waals surface area contributed by atoms with Crippen LogP contribution in [0.3, 0.4) is 0 Å². The highest BCUT2D eigenvalue weighted by Crippen LogP contribution is 2.43. The lowest BCUT2D eigenvalue weighted by molar-refractivity contribution is -0.137. The van der Waals surface area contributed by atoms with Crippen LogP contribution in [0, 0.1) is 0 Å². The van der Waals surface area contributed by atoms with E-state index in [1.807, 2.05) is 30.3 Å². The second-order valence-corrected chi connectivity index (χ2v) is 8.50. The monoisotopic (exact) mass is 473 g/mol. The Morgan fingerprint density at radius 2 is 1.88 bits per heavy atom. The van der Waals surface area contributed by atoms with Crippen molar-refractivity contribution in [2.45, 2.75) is 19.4 Å². The zero-order valence-corrected chi connectivity index (χ0v) is 19.3. The van der Waals surface area contributed by atoms with Crippen LogP contribution in [-0.2, 0) is 16.2 Å². The zero-order valence-electron chi connectivity index (χ0n) is 17.7. The molecule has 1 fully saturated rings. The van der Waals surface area contributed by atoms with Crippen LogP contribution >= 0.6 is 24.0 Å². The van der Waals surface area contributed by atoms with E-state index in [4.69, 9.17) is 31.5 Å². The van der Waals surface area contributed by atoms with E-state index in [9.17, 15) is 9.59 Å². The fourth-order valence-corrected chi connectivity index (χ4v) is 4.43. The van der Waals surface area contributed by atoms with Gasteiger partial charge in [0.15, 0.2) is 11.5 Å². The number of nitrogens with zero attached hydrogens (tertiary/aromatic N) is 1. The Hall–Kier alpha value is -3.04. The largest absolute Gasteiger partial charge is 0.493 e. The van der Waals surface area contributed by atoms with E-state index in [1.54, 1.807) is 25.3 Å². The Labute approximate surface area is 196 Å². The summed E-state index contributed by atoms with van der Waals surface area (Å²) in [5.41, 5.74) is 1.62. The minimum atomic E-state index is -0.906. The zero-order chi connectivity index (χ0) is 23.1. The van der Waals surface area contributed by atoms with Gasteiger partial charge in [0.25, 0.3) is 5.91 Å². The number of amides is 1. The Morgan fingerprint density at radius 1 is 1.12 bits per heavy atom. The summed E-state index contributed by atoms with van der Waals surface area (Å²) in [5.74, 6) is 0.223. The van der Waals surface area contributed by atoms with Gasteiger partial charge in [0.2, 0.25) is 5.75 Å². The highest BCUT2D eigenvalue weighted by Gasteiger charge is 2.32. The molecule has 0 aromatic heterocycles. The number of carbonyl (C=O) groups is 2. The van der Waals surface area contributed by atoms with Crippen LogP contribution in [0.5, 0.6) is 17.2 Å². The predicted molar refractivity (Wildman–Crippen MR) is 127 cm³/mol. The number of hydrogen-bond acceptors (Lipinski definition) is 7. The predicted octanol–water partition coefficient (Wildman–Crippen LogP) is 4.35. The van der Waals surface area contributed by atoms with E-state index in [1.165, 1.54) is 23.8 Å². The molecule has 1 amide bonds. The van der Waals surface area contributed by atoms with E-state index >= 15 is 0 Å². The van der Waals surface area contributed by atoms with Crippen molar-refractivity contribution in [2.75, 3.05) is 20.8 Å². The average molecular weight is 474 g/mol. The molecule has 3 rings (SSSR count). The maximum Gasteiger partial charge on any atom is 0.303 e. The summed E-state index contributed by atoms with van der Waals surface area (Å²) in [5, 5.41) is 8.83. The average Bonchev–Trinajstić information content (AvgIpc) is 3.05. The fraction of sp³-hybridized carbons (Fsp3) is 0.261. The second kappa shape index (κ2) is 11.0. The van der Waals surface area contributed by atoms with E-state index in [2.05, 4.69) is 0 Å². The topological polar surface area (TPSA) is 85.3 Å². The van der Waals surface area contributed by atoms with Gasteiger partial charge >= 0.3 is 5.97 Å². The minimum absolute atomic E-state index is 0.0245. The van der Waals surface area contributed by atoms with E-state index < -0.39 is 5.97 Å². The maximum absolute atomic E-state index is 12.9. The summed E-state index contributed by atoms with van der Waals surface area (Å²) < 4.78 is 17.4. The molecular formula is C23H23NO6S2. The number of thiocarbonyl (C=S) groups is 1. The van der Waals surface area contributed by atoms with Crippen molar-refractivity contribution in [1.82, 2.24) is 4.90 Å². The highest BCUT2D eigenvalue weighted by atomic mass is 32.2. The van der Waals surface area contributed by atoms with Gasteiger partial charge in [0, 0.05) is 18.5 Å². The molecule has 32 heavy (non-hydrogen) atoms. The molecule has 1 saturated heterocycles. The molecule has 0 bridgehead atoms. The molecule has 1 N–H and O–H groups in total. The van der Waals surface area contributed by atoms with Crippen molar-refractivity contribution in [3.8, 4) is 17.2 Å². The molecule has 2 aromatic carbocycles. The van der Waals surface area contributed by atoms with Gasteiger partial charge in [-0.05, 0) is 30.2 Å². The first-order chi connectivity index (χ1) is 15.4. The van der Waals surface area contributed by atoms with Crippen molar-refractivity contribution >= 4 is 46.3 Å². The molecule has 168 valence electrons. The molecular weight excluding hydrogens is 450 g/mol. The fourth-order valence-electron chi connectivity index (χ4n) is 3.13. The van der Waals surface area contributed by atoms with Gasteiger partial charge in [0.1, 0.15) is 10.9 Å². The summed E-state index contributed by atoms with van der Waals surface area (Å²) in [4.78, 5) is 25.5. The number of ether oxygens (including phenoxy) is 3. The summed E-state index contributed by atoms with van der Waals surface area (Å²) in [6.07, 6.45) is 2.01. The third kappa shape index (κ3) is 5.60. The summed E-state index contributed by atoms with van der Waals surface area (Å²) in [6, 6.07) is 13.2. The van der Waals surface area contributed by atoms with Crippen LogP contribution in [0.25, 0.3) is 6.08 Å². The van der Waals surface area contributed by atoms with Gasteiger partial charge in [-0.15, -0.1) is 0 Å². The first kappa shape index (κ1) is 23.6. The maximum atomic E-state index is 12.9. The molecule has 2 aromatic rings. The van der Waals surface area contributed by atoms with E-state index in [0.717, 1.165) is 5.56 Å². The lowest BCUT2D eigenvalue weighted by Crippen LogP contribution is -2.29. The molecule has 0 unspecified atom stereocenters. The number of carboxylic acid groups (broad SMARTS) is 1. The summed E-state index contributed by atoms with van der Waals surface area (Å²) >= 11 is 6.51. The molecule has 0 aliphatic carbocycles. The highest BCUT2D eigenvalue weighted by molar-refractivity contribution is 8.26. The molecule has 1 aliphatic heterocycles. The molecule has 0 radical (unpaired) electrons. The number of aliphatic carboxylic acids is 1. The Bertz CT molecular complexity index is 1040. The van der Waals surface area contributed by atoms with Gasteiger partial charge < -0.3 is 19.3 Å². The molecule has 0 spiro atoms.